The molecule has 0 aliphatic heterocycles. The molecule has 2 rings (SSSR count). The zero-order valence-corrected chi connectivity index (χ0v) is 4.22. The van der Waals surface area contributed by atoms with Gasteiger partial charge in [-0.1, -0.05) is 0 Å². The summed E-state index contributed by atoms with van der Waals surface area (Å²) in [5.41, 5.74) is 3.26. The molecule has 0 amide bonds. The summed E-state index contributed by atoms with van der Waals surface area (Å²) in [4.78, 5) is 10.0. The number of rotatable bonds is 1. The van der Waals surface area contributed by atoms with Crippen LogP contribution in [0.4, 0.5) is 0 Å². The van der Waals surface area contributed by atoms with E-state index in [0.29, 0.717) is 0 Å². The fourth-order valence-electron chi connectivity index (χ4n) is 0.850. The second-order valence-corrected chi connectivity index (χ2v) is 1.96. The van der Waals surface area contributed by atoms with Crippen molar-refractivity contribution < 1.29 is 4.79 Å². The first-order valence-corrected chi connectivity index (χ1v) is 2.51. The average Bonchev–Trinajstić information content (AvgIpc) is 2.40. The third kappa shape index (κ3) is 0.334. The van der Waals surface area contributed by atoms with E-state index in [-0.39, 0.29) is 0 Å². The van der Waals surface area contributed by atoms with Crippen LogP contribution in [0, 0.1) is 0 Å². The van der Waals surface area contributed by atoms with Crippen LogP contribution in [0.25, 0.3) is 11.1 Å². The first kappa shape index (κ1) is 3.84. The predicted octanol–water partition coefficient (Wildman–Crippen LogP) is 1.48. The highest BCUT2D eigenvalue weighted by Crippen LogP contribution is 2.35. The molecule has 38 valence electrons. The van der Waals surface area contributed by atoms with Gasteiger partial charge in [0, 0.05) is 5.56 Å². The number of benzene rings is 1. The van der Waals surface area contributed by atoms with Gasteiger partial charge in [-0.05, 0) is 29.3 Å². The van der Waals surface area contributed by atoms with Crippen molar-refractivity contribution in [3.63, 3.8) is 0 Å². The van der Waals surface area contributed by atoms with Gasteiger partial charge in [-0.25, -0.2) is 0 Å². The van der Waals surface area contributed by atoms with E-state index in [9.17, 15) is 4.79 Å². The van der Waals surface area contributed by atoms with E-state index < -0.39 is 0 Å². The summed E-state index contributed by atoms with van der Waals surface area (Å²) < 4.78 is 0. The summed E-state index contributed by atoms with van der Waals surface area (Å²) in [7, 11) is 0. The molecule has 0 aromatic carbocycles. The topological polar surface area (TPSA) is 17.1 Å². The van der Waals surface area contributed by atoms with Crippen molar-refractivity contribution >= 4 is 6.29 Å². The minimum absolute atomic E-state index is 0.803. The summed E-state index contributed by atoms with van der Waals surface area (Å²) in [6, 6.07) is 5.83. The number of hydrogen-bond donors (Lipinski definition) is 0. The zero-order valence-electron chi connectivity index (χ0n) is 4.22. The molecule has 0 unspecified atom stereocenters. The van der Waals surface area contributed by atoms with Crippen LogP contribution in [0.15, 0.2) is 18.2 Å². The Morgan fingerprint density at radius 3 is 2.12 bits per heavy atom. The fourth-order valence-corrected chi connectivity index (χ4v) is 0.850. The van der Waals surface area contributed by atoms with Crippen molar-refractivity contribution in [1.82, 2.24) is 0 Å². The molecule has 0 radical (unpaired) electrons. The van der Waals surface area contributed by atoms with Gasteiger partial charge in [0.2, 0.25) is 0 Å². The van der Waals surface area contributed by atoms with Gasteiger partial charge in [0.05, 0.1) is 0 Å². The summed E-state index contributed by atoms with van der Waals surface area (Å²) in [6.07, 6.45) is 0.875. The summed E-state index contributed by atoms with van der Waals surface area (Å²) in [5.74, 6) is 0. The van der Waals surface area contributed by atoms with Crippen molar-refractivity contribution in [3.8, 4) is 11.1 Å². The van der Waals surface area contributed by atoms with Crippen LogP contribution in [0.1, 0.15) is 10.4 Å². The summed E-state index contributed by atoms with van der Waals surface area (Å²) in [5, 5.41) is 0. The quantitative estimate of drug-likeness (QED) is 0.501. The summed E-state index contributed by atoms with van der Waals surface area (Å²) >= 11 is 0. The normalized spacial score (nSPS) is 11.0. The zero-order chi connectivity index (χ0) is 5.56. The molecule has 0 spiro atoms. The Bertz CT molecular complexity index is 230. The van der Waals surface area contributed by atoms with Crippen molar-refractivity contribution in [3.05, 3.63) is 23.8 Å². The minimum Gasteiger partial charge on any atom is -0.298 e. The van der Waals surface area contributed by atoms with Crippen LogP contribution in [-0.4, -0.2) is 6.29 Å². The van der Waals surface area contributed by atoms with Crippen LogP contribution in [0.5, 0.6) is 0 Å². The van der Waals surface area contributed by atoms with E-state index in [1.54, 1.807) is 0 Å². The van der Waals surface area contributed by atoms with Crippen LogP contribution in [0.3, 0.4) is 0 Å². The standard InChI is InChI=1S/C7H4O/c8-4-5-1-6-3-7(6)2-5/h1-4H. The molecule has 0 saturated heterocycles. The maximum Gasteiger partial charge on any atom is 0.150 e. The van der Waals surface area contributed by atoms with E-state index in [1.165, 1.54) is 11.1 Å². The van der Waals surface area contributed by atoms with Crippen molar-refractivity contribution in [2.24, 2.45) is 0 Å². The third-order valence-corrected chi connectivity index (χ3v) is 1.34. The lowest BCUT2D eigenvalue weighted by Crippen LogP contribution is -1.66. The van der Waals surface area contributed by atoms with Crippen LogP contribution in [0.2, 0.25) is 0 Å². The molecule has 0 aromatic heterocycles. The maximum atomic E-state index is 10.0. The maximum absolute atomic E-state index is 10.0. The Labute approximate surface area is 47.0 Å². The molecule has 0 bridgehead atoms. The van der Waals surface area contributed by atoms with Gasteiger partial charge in [-0.2, -0.15) is 0 Å². The number of carbonyl (C=O) groups excluding carboxylic acids is 1. The molecule has 1 heteroatoms. The Balaban J connectivity index is 2.58. The molecule has 1 nitrogen and oxygen atoms in total. The molecule has 8 heavy (non-hydrogen) atoms. The molecule has 0 saturated carbocycles. The molecule has 0 atom stereocenters. The van der Waals surface area contributed by atoms with Crippen molar-refractivity contribution in [2.75, 3.05) is 0 Å². The number of fused-ring (bicyclic) bond motifs is 1. The number of aldehydes is 1. The van der Waals surface area contributed by atoms with E-state index in [4.69, 9.17) is 0 Å². The molecular weight excluding hydrogens is 100 g/mol. The number of hydrogen-bond acceptors (Lipinski definition) is 1. The van der Waals surface area contributed by atoms with E-state index >= 15 is 0 Å². The third-order valence-electron chi connectivity index (χ3n) is 1.34. The highest BCUT2D eigenvalue weighted by atomic mass is 16.1. The predicted molar refractivity (Wildman–Crippen MR) is 30.8 cm³/mol. The average molecular weight is 104 g/mol. The van der Waals surface area contributed by atoms with Gasteiger partial charge in [0.15, 0.2) is 0 Å². The fraction of sp³-hybridized carbons (Fsp3) is 0. The highest BCUT2D eigenvalue weighted by Gasteiger charge is 2.12. The van der Waals surface area contributed by atoms with Gasteiger partial charge in [-0.3, -0.25) is 4.79 Å². The van der Waals surface area contributed by atoms with Gasteiger partial charge >= 0.3 is 0 Å². The van der Waals surface area contributed by atoms with Gasteiger partial charge in [-0.15, -0.1) is 0 Å². The van der Waals surface area contributed by atoms with Crippen LogP contribution in [-0.2, 0) is 0 Å². The minimum atomic E-state index is 0.803. The second-order valence-electron chi connectivity index (χ2n) is 1.96. The lowest BCUT2D eigenvalue weighted by molar-refractivity contribution is 0.112. The van der Waals surface area contributed by atoms with Crippen LogP contribution < -0.4 is 0 Å². The monoisotopic (exact) mass is 104 g/mol. The molecule has 0 heterocycles. The Morgan fingerprint density at radius 2 is 1.75 bits per heavy atom. The summed E-state index contributed by atoms with van der Waals surface area (Å²) in [6.45, 7) is 0. The molecular formula is C7H4O. The van der Waals surface area contributed by atoms with E-state index in [1.807, 2.05) is 18.2 Å². The molecule has 0 fully saturated rings. The molecule has 2 aliphatic rings. The van der Waals surface area contributed by atoms with Crippen LogP contribution >= 0.6 is 0 Å². The van der Waals surface area contributed by atoms with E-state index in [0.717, 1.165) is 11.8 Å². The lowest BCUT2D eigenvalue weighted by atomic mass is 10.4. The molecule has 0 aromatic rings. The Kier molecular flexibility index (Phi) is 0.478. The Morgan fingerprint density at radius 1 is 1.12 bits per heavy atom. The first-order chi connectivity index (χ1) is 3.90. The smallest absolute Gasteiger partial charge is 0.150 e. The second kappa shape index (κ2) is 0.996. The SMILES string of the molecule is O=Cc1cc2cc-2c1. The first-order valence-electron chi connectivity index (χ1n) is 2.51. The van der Waals surface area contributed by atoms with Crippen molar-refractivity contribution in [2.45, 2.75) is 0 Å². The van der Waals surface area contributed by atoms with E-state index in [2.05, 4.69) is 0 Å². The van der Waals surface area contributed by atoms with Gasteiger partial charge in [0.1, 0.15) is 6.29 Å². The van der Waals surface area contributed by atoms with Crippen molar-refractivity contribution in [1.29, 1.82) is 0 Å². The Hall–Kier alpha value is -1.11. The lowest BCUT2D eigenvalue weighted by Gasteiger charge is -1.69. The molecule has 0 N–H and O–H groups in total. The largest absolute Gasteiger partial charge is 0.298 e. The number of carbonyl (C=O) groups is 1. The highest BCUT2D eigenvalue weighted by molar-refractivity contribution is 5.91. The van der Waals surface area contributed by atoms with Gasteiger partial charge in [0.25, 0.3) is 0 Å². The van der Waals surface area contributed by atoms with Gasteiger partial charge < -0.3 is 0 Å². The molecule has 2 aliphatic carbocycles.